The number of benzene rings is 2. The highest BCUT2D eigenvalue weighted by Gasteiger charge is 2.17. The minimum atomic E-state index is -0.491. The number of nitrogens with one attached hydrogen (secondary N) is 1. The van der Waals surface area contributed by atoms with Gasteiger partial charge in [0.15, 0.2) is 0 Å². The third kappa shape index (κ3) is 6.39. The molecule has 0 spiro atoms. The first-order valence-electron chi connectivity index (χ1n) is 10.1. The number of carbonyl (C=O) groups excluding carboxylic acids is 1. The van der Waals surface area contributed by atoms with Crippen LogP contribution in [-0.4, -0.2) is 40.7 Å². The molecule has 168 valence electrons. The number of nitro benzene ring substituents is 1. The molecular formula is C23H25FN4O4. The van der Waals surface area contributed by atoms with Gasteiger partial charge in [-0.05, 0) is 48.4 Å². The molecule has 1 heterocycles. The Morgan fingerprint density at radius 1 is 1.19 bits per heavy atom. The normalized spacial score (nSPS) is 10.7. The fourth-order valence-corrected chi connectivity index (χ4v) is 3.30. The summed E-state index contributed by atoms with van der Waals surface area (Å²) in [6.07, 6.45) is 2.54. The van der Waals surface area contributed by atoms with E-state index < -0.39 is 4.92 Å². The Kier molecular flexibility index (Phi) is 7.93. The van der Waals surface area contributed by atoms with Crippen molar-refractivity contribution < 1.29 is 18.8 Å². The third-order valence-corrected chi connectivity index (χ3v) is 4.91. The number of carbonyl (C=O) groups is 1. The second-order valence-electron chi connectivity index (χ2n) is 7.26. The van der Waals surface area contributed by atoms with Crippen LogP contribution in [0.25, 0.3) is 0 Å². The Hall–Kier alpha value is -3.72. The molecule has 9 heteroatoms. The molecule has 0 aliphatic carbocycles. The lowest BCUT2D eigenvalue weighted by Crippen LogP contribution is -2.36. The molecule has 8 nitrogen and oxygen atoms in total. The van der Waals surface area contributed by atoms with Gasteiger partial charge in [-0.25, -0.2) is 9.18 Å². The molecule has 3 rings (SSSR count). The zero-order valence-corrected chi connectivity index (χ0v) is 17.7. The number of hydrogen-bond acceptors (Lipinski definition) is 4. The monoisotopic (exact) mass is 440 g/mol. The standard InChI is InChI=1S/C23H25FN4O4/c1-32-14-4-13-27(23(29)25-20-8-10-21(11-9-20)28(30)31)17-22-7-3-12-26(22)16-18-5-2-6-19(24)15-18/h2-3,5-12,15H,4,13-14,16-17H2,1H3,(H,25,29). The largest absolute Gasteiger partial charge is 0.385 e. The number of urea groups is 1. The average molecular weight is 440 g/mol. The number of aromatic nitrogens is 1. The second-order valence-corrected chi connectivity index (χ2v) is 7.26. The van der Waals surface area contributed by atoms with Crippen molar-refractivity contribution in [3.63, 3.8) is 0 Å². The summed E-state index contributed by atoms with van der Waals surface area (Å²) in [6.45, 7) is 1.78. The number of hydrogen-bond donors (Lipinski definition) is 1. The number of non-ortho nitro benzene ring substituents is 1. The van der Waals surface area contributed by atoms with Crippen molar-refractivity contribution >= 4 is 17.4 Å². The van der Waals surface area contributed by atoms with Gasteiger partial charge in [0, 0.05) is 56.5 Å². The van der Waals surface area contributed by atoms with Crippen molar-refractivity contribution in [1.29, 1.82) is 0 Å². The van der Waals surface area contributed by atoms with Gasteiger partial charge in [0.05, 0.1) is 11.5 Å². The fraction of sp³-hybridized carbons (Fsp3) is 0.261. The minimum absolute atomic E-state index is 0.0462. The molecule has 0 aliphatic heterocycles. The Labute approximate surface area is 185 Å². The topological polar surface area (TPSA) is 89.6 Å². The van der Waals surface area contributed by atoms with Crippen molar-refractivity contribution in [2.45, 2.75) is 19.5 Å². The van der Waals surface area contributed by atoms with Crippen LogP contribution in [0, 0.1) is 15.9 Å². The summed E-state index contributed by atoms with van der Waals surface area (Å²) >= 11 is 0. The van der Waals surface area contributed by atoms with E-state index in [1.54, 1.807) is 18.1 Å². The maximum Gasteiger partial charge on any atom is 0.322 e. The zero-order valence-electron chi connectivity index (χ0n) is 17.7. The number of rotatable bonds is 10. The van der Waals surface area contributed by atoms with Crippen molar-refractivity contribution in [1.82, 2.24) is 9.47 Å². The Balaban J connectivity index is 1.72. The first kappa shape index (κ1) is 23.0. The quantitative estimate of drug-likeness (QED) is 0.282. The van der Waals surface area contributed by atoms with Crippen LogP contribution in [0.4, 0.5) is 20.6 Å². The first-order valence-corrected chi connectivity index (χ1v) is 10.1. The molecule has 1 N–H and O–H groups in total. The van der Waals surface area contributed by atoms with Crippen LogP contribution < -0.4 is 5.32 Å². The van der Waals surface area contributed by atoms with Crippen LogP contribution in [0.3, 0.4) is 0 Å². The molecule has 32 heavy (non-hydrogen) atoms. The van der Waals surface area contributed by atoms with Gasteiger partial charge in [-0.3, -0.25) is 10.1 Å². The molecule has 2 aromatic carbocycles. The van der Waals surface area contributed by atoms with E-state index in [9.17, 15) is 19.3 Å². The summed E-state index contributed by atoms with van der Waals surface area (Å²) in [5, 5.41) is 13.6. The third-order valence-electron chi connectivity index (χ3n) is 4.91. The Bertz CT molecular complexity index is 1050. The van der Waals surface area contributed by atoms with Crippen LogP contribution in [0.1, 0.15) is 17.7 Å². The summed E-state index contributed by atoms with van der Waals surface area (Å²) in [4.78, 5) is 24.9. The molecule has 0 saturated heterocycles. The molecule has 2 amide bonds. The van der Waals surface area contributed by atoms with E-state index in [0.717, 1.165) is 11.3 Å². The molecule has 0 bridgehead atoms. The van der Waals surface area contributed by atoms with Gasteiger partial charge in [0.1, 0.15) is 5.82 Å². The van der Waals surface area contributed by atoms with Crippen molar-refractivity contribution in [2.75, 3.05) is 25.6 Å². The molecule has 0 atom stereocenters. The van der Waals surface area contributed by atoms with Gasteiger partial charge in [0.2, 0.25) is 0 Å². The van der Waals surface area contributed by atoms with Gasteiger partial charge >= 0.3 is 6.03 Å². The highest BCUT2D eigenvalue weighted by atomic mass is 19.1. The van der Waals surface area contributed by atoms with Crippen molar-refractivity contribution in [3.8, 4) is 0 Å². The molecule has 0 radical (unpaired) electrons. The molecule has 0 saturated carbocycles. The van der Waals surface area contributed by atoms with Gasteiger partial charge in [-0.2, -0.15) is 0 Å². The van der Waals surface area contributed by atoms with E-state index in [1.807, 2.05) is 29.0 Å². The first-order chi connectivity index (χ1) is 15.5. The van der Waals surface area contributed by atoms with Gasteiger partial charge in [-0.1, -0.05) is 12.1 Å². The number of nitrogens with zero attached hydrogens (tertiary/aromatic N) is 3. The van der Waals surface area contributed by atoms with Crippen LogP contribution in [0.15, 0.2) is 66.9 Å². The Morgan fingerprint density at radius 3 is 2.66 bits per heavy atom. The van der Waals surface area contributed by atoms with Crippen molar-refractivity contribution in [3.05, 3.63) is 94.0 Å². The van der Waals surface area contributed by atoms with E-state index in [-0.39, 0.29) is 17.5 Å². The van der Waals surface area contributed by atoms with E-state index in [1.165, 1.54) is 36.4 Å². The summed E-state index contributed by atoms with van der Waals surface area (Å²) in [7, 11) is 1.60. The smallest absolute Gasteiger partial charge is 0.322 e. The highest BCUT2D eigenvalue weighted by molar-refractivity contribution is 5.89. The number of amides is 2. The molecule has 0 unspecified atom stereocenters. The highest BCUT2D eigenvalue weighted by Crippen LogP contribution is 2.17. The lowest BCUT2D eigenvalue weighted by molar-refractivity contribution is -0.384. The summed E-state index contributed by atoms with van der Waals surface area (Å²) in [6, 6.07) is 15.6. The van der Waals surface area contributed by atoms with E-state index in [4.69, 9.17) is 4.74 Å². The lowest BCUT2D eigenvalue weighted by atomic mass is 10.2. The molecular weight excluding hydrogens is 415 g/mol. The zero-order chi connectivity index (χ0) is 22.9. The van der Waals surface area contributed by atoms with E-state index in [0.29, 0.717) is 38.3 Å². The maximum atomic E-state index is 13.5. The van der Waals surface area contributed by atoms with Crippen LogP contribution >= 0.6 is 0 Å². The molecule has 3 aromatic rings. The number of anilines is 1. The molecule has 0 fully saturated rings. The van der Waals surface area contributed by atoms with E-state index in [2.05, 4.69) is 5.32 Å². The minimum Gasteiger partial charge on any atom is -0.385 e. The van der Waals surface area contributed by atoms with Crippen LogP contribution in [0.5, 0.6) is 0 Å². The molecule has 0 aliphatic rings. The predicted molar refractivity (Wildman–Crippen MR) is 119 cm³/mol. The van der Waals surface area contributed by atoms with Gasteiger partial charge in [-0.15, -0.1) is 0 Å². The number of ether oxygens (including phenoxy) is 1. The number of nitro groups is 1. The van der Waals surface area contributed by atoms with E-state index >= 15 is 0 Å². The van der Waals surface area contributed by atoms with Gasteiger partial charge < -0.3 is 19.5 Å². The lowest BCUT2D eigenvalue weighted by Gasteiger charge is -2.24. The van der Waals surface area contributed by atoms with Crippen LogP contribution in [0.2, 0.25) is 0 Å². The van der Waals surface area contributed by atoms with Crippen LogP contribution in [-0.2, 0) is 17.8 Å². The Morgan fingerprint density at radius 2 is 1.97 bits per heavy atom. The average Bonchev–Trinajstić information content (AvgIpc) is 3.20. The second kappa shape index (κ2) is 11.1. The SMILES string of the molecule is COCCCN(Cc1cccn1Cc1cccc(F)c1)C(=O)Nc1ccc([N+](=O)[O-])cc1. The van der Waals surface area contributed by atoms with Crippen molar-refractivity contribution in [2.24, 2.45) is 0 Å². The summed E-state index contributed by atoms with van der Waals surface area (Å²) < 4.78 is 20.6. The summed E-state index contributed by atoms with van der Waals surface area (Å²) in [5.41, 5.74) is 2.14. The predicted octanol–water partition coefficient (Wildman–Crippen LogP) is 4.65. The molecule has 1 aromatic heterocycles. The van der Waals surface area contributed by atoms with Gasteiger partial charge in [0.25, 0.3) is 5.69 Å². The number of halogens is 1. The maximum absolute atomic E-state index is 13.5. The number of methoxy groups -OCH3 is 1. The fourth-order valence-electron chi connectivity index (χ4n) is 3.30. The summed E-state index contributed by atoms with van der Waals surface area (Å²) in [5.74, 6) is -0.292.